The first kappa shape index (κ1) is 18.2. The summed E-state index contributed by atoms with van der Waals surface area (Å²) in [5.74, 6) is 0. The summed E-state index contributed by atoms with van der Waals surface area (Å²) in [7, 11) is -3.57. The first-order valence-electron chi connectivity index (χ1n) is 7.04. The molecule has 0 aliphatic rings. The molecule has 2 rings (SSSR count). The molecule has 0 heterocycles. The molecule has 2 N–H and O–H groups in total. The van der Waals surface area contributed by atoms with Crippen molar-refractivity contribution in [3.05, 3.63) is 63.2 Å². The monoisotopic (exact) mass is 369 g/mol. The number of rotatable bonds is 7. The molecule has 2 aromatic carbocycles. The fraction of sp³-hybridized carbons (Fsp3) is 0.200. The minimum absolute atomic E-state index is 0.0900. The largest absolute Gasteiger partial charge is 0.382 e. The van der Waals surface area contributed by atoms with E-state index < -0.39 is 14.9 Å². The molecule has 0 aliphatic carbocycles. The summed E-state index contributed by atoms with van der Waals surface area (Å²) >= 11 is 6.04. The van der Waals surface area contributed by atoms with E-state index in [0.717, 1.165) is 0 Å². The molecule has 0 aromatic heterocycles. The third-order valence-corrected chi connectivity index (χ3v) is 5.03. The predicted molar refractivity (Wildman–Crippen MR) is 93.0 cm³/mol. The van der Waals surface area contributed by atoms with Crippen molar-refractivity contribution in [3.8, 4) is 0 Å². The highest BCUT2D eigenvalue weighted by atomic mass is 35.5. The molecule has 0 saturated carbocycles. The van der Waals surface area contributed by atoms with Crippen molar-refractivity contribution in [2.24, 2.45) is 0 Å². The Kier molecular flexibility index (Phi) is 5.76. The van der Waals surface area contributed by atoms with Crippen LogP contribution in [0.1, 0.15) is 5.56 Å². The van der Waals surface area contributed by atoms with Gasteiger partial charge in [-0.15, -0.1) is 0 Å². The lowest BCUT2D eigenvalue weighted by atomic mass is 10.2. The highest BCUT2D eigenvalue weighted by molar-refractivity contribution is 7.89. The molecular weight excluding hydrogens is 354 g/mol. The number of nitro groups is 1. The summed E-state index contributed by atoms with van der Waals surface area (Å²) in [5.41, 5.74) is 1.06. The highest BCUT2D eigenvalue weighted by Gasteiger charge is 2.14. The van der Waals surface area contributed by atoms with Crippen molar-refractivity contribution < 1.29 is 13.3 Å². The lowest BCUT2D eigenvalue weighted by molar-refractivity contribution is -0.384. The van der Waals surface area contributed by atoms with Gasteiger partial charge in [-0.3, -0.25) is 10.1 Å². The predicted octanol–water partition coefficient (Wildman–Crippen LogP) is 2.95. The Morgan fingerprint density at radius 3 is 2.42 bits per heavy atom. The first-order valence-corrected chi connectivity index (χ1v) is 8.90. The Balaban J connectivity index is 1.97. The normalized spacial score (nSPS) is 11.2. The number of nitrogens with zero attached hydrogens (tertiary/aromatic N) is 1. The average Bonchev–Trinajstić information content (AvgIpc) is 2.54. The van der Waals surface area contributed by atoms with E-state index in [2.05, 4.69) is 10.0 Å². The van der Waals surface area contributed by atoms with E-state index in [1.807, 2.05) is 0 Å². The van der Waals surface area contributed by atoms with Crippen molar-refractivity contribution in [1.82, 2.24) is 4.72 Å². The zero-order valence-corrected chi connectivity index (χ0v) is 14.4. The molecule has 24 heavy (non-hydrogen) atoms. The summed E-state index contributed by atoms with van der Waals surface area (Å²) in [4.78, 5) is 10.4. The van der Waals surface area contributed by atoms with Crippen LogP contribution in [0.4, 0.5) is 11.4 Å². The Bertz CT molecular complexity index is 818. The van der Waals surface area contributed by atoms with Crippen LogP contribution in [-0.4, -0.2) is 26.4 Å². The Morgan fingerprint density at radius 1 is 1.17 bits per heavy atom. The van der Waals surface area contributed by atoms with Crippen LogP contribution in [0, 0.1) is 17.0 Å². The van der Waals surface area contributed by atoms with Gasteiger partial charge < -0.3 is 5.32 Å². The molecular formula is C15H16ClN3O4S. The van der Waals surface area contributed by atoms with E-state index in [4.69, 9.17) is 11.6 Å². The number of halogens is 1. The third-order valence-electron chi connectivity index (χ3n) is 3.26. The summed E-state index contributed by atoms with van der Waals surface area (Å²) in [6, 6.07) is 10.7. The quantitative estimate of drug-likeness (QED) is 0.444. The molecule has 0 saturated heterocycles. The molecule has 0 spiro atoms. The van der Waals surface area contributed by atoms with Crippen molar-refractivity contribution in [2.45, 2.75) is 11.8 Å². The minimum atomic E-state index is -3.57. The van der Waals surface area contributed by atoms with Crippen LogP contribution in [0.2, 0.25) is 5.02 Å². The highest BCUT2D eigenvalue weighted by Crippen LogP contribution is 2.30. The van der Waals surface area contributed by atoms with Crippen molar-refractivity contribution >= 4 is 33.0 Å². The molecule has 0 aliphatic heterocycles. The van der Waals surface area contributed by atoms with E-state index in [-0.39, 0.29) is 28.7 Å². The first-order chi connectivity index (χ1) is 11.3. The standard InChI is InChI=1S/C15H16ClN3O4S/c1-11-9-12(19(20)21)10-14(16)15(11)17-7-8-18-24(22,23)13-5-3-2-4-6-13/h2-6,9-10,17-18H,7-8H2,1H3. The molecule has 0 bridgehead atoms. The van der Waals surface area contributed by atoms with Crippen LogP contribution in [-0.2, 0) is 10.0 Å². The molecule has 0 radical (unpaired) electrons. The topological polar surface area (TPSA) is 101 Å². The SMILES string of the molecule is Cc1cc([N+](=O)[O-])cc(Cl)c1NCCNS(=O)(=O)c1ccccc1. The summed E-state index contributed by atoms with van der Waals surface area (Å²) in [5, 5.41) is 14.0. The Morgan fingerprint density at radius 2 is 1.83 bits per heavy atom. The van der Waals surface area contributed by atoms with E-state index in [1.54, 1.807) is 25.1 Å². The molecule has 7 nitrogen and oxygen atoms in total. The molecule has 0 atom stereocenters. The van der Waals surface area contributed by atoms with Gasteiger partial charge in [-0.1, -0.05) is 29.8 Å². The maximum Gasteiger partial charge on any atom is 0.271 e. The van der Waals surface area contributed by atoms with Gasteiger partial charge in [-0.2, -0.15) is 0 Å². The van der Waals surface area contributed by atoms with Gasteiger partial charge in [0, 0.05) is 25.2 Å². The second-order valence-electron chi connectivity index (χ2n) is 5.01. The lowest BCUT2D eigenvalue weighted by Gasteiger charge is -2.12. The average molecular weight is 370 g/mol. The third kappa shape index (κ3) is 4.44. The minimum Gasteiger partial charge on any atom is -0.382 e. The number of benzene rings is 2. The number of anilines is 1. The zero-order chi connectivity index (χ0) is 17.7. The number of nitrogens with one attached hydrogen (secondary N) is 2. The van der Waals surface area contributed by atoms with Crippen LogP contribution in [0.25, 0.3) is 0 Å². The van der Waals surface area contributed by atoms with Gasteiger partial charge in [0.2, 0.25) is 10.0 Å². The fourth-order valence-corrected chi connectivity index (χ4v) is 3.49. The molecule has 0 unspecified atom stereocenters. The molecule has 0 fully saturated rings. The molecule has 9 heteroatoms. The molecule has 128 valence electrons. The van der Waals surface area contributed by atoms with Gasteiger partial charge in [0.05, 0.1) is 20.5 Å². The molecule has 2 aromatic rings. The van der Waals surface area contributed by atoms with Crippen LogP contribution in [0.5, 0.6) is 0 Å². The van der Waals surface area contributed by atoms with Gasteiger partial charge in [-0.25, -0.2) is 13.1 Å². The summed E-state index contributed by atoms with van der Waals surface area (Å²) < 4.78 is 26.6. The number of hydrogen-bond acceptors (Lipinski definition) is 5. The number of non-ortho nitro benzene ring substituents is 1. The maximum atomic E-state index is 12.1. The van der Waals surface area contributed by atoms with Gasteiger partial charge in [-0.05, 0) is 24.6 Å². The van der Waals surface area contributed by atoms with Gasteiger partial charge in [0.15, 0.2) is 0 Å². The van der Waals surface area contributed by atoms with E-state index in [1.165, 1.54) is 24.3 Å². The second-order valence-corrected chi connectivity index (χ2v) is 7.19. The van der Waals surface area contributed by atoms with Gasteiger partial charge in [0.25, 0.3) is 5.69 Å². The van der Waals surface area contributed by atoms with Crippen LogP contribution in [0.15, 0.2) is 47.4 Å². The fourth-order valence-electron chi connectivity index (χ4n) is 2.11. The van der Waals surface area contributed by atoms with Crippen molar-refractivity contribution in [3.63, 3.8) is 0 Å². The van der Waals surface area contributed by atoms with E-state index >= 15 is 0 Å². The smallest absolute Gasteiger partial charge is 0.271 e. The number of aryl methyl sites for hydroxylation is 1. The van der Waals surface area contributed by atoms with Crippen LogP contribution >= 0.6 is 11.6 Å². The Labute approximate surface area is 144 Å². The number of nitro benzene ring substituents is 1. The number of hydrogen-bond donors (Lipinski definition) is 2. The maximum absolute atomic E-state index is 12.1. The van der Waals surface area contributed by atoms with Crippen molar-refractivity contribution in [2.75, 3.05) is 18.4 Å². The van der Waals surface area contributed by atoms with Crippen molar-refractivity contribution in [1.29, 1.82) is 0 Å². The van der Waals surface area contributed by atoms with Crippen LogP contribution in [0.3, 0.4) is 0 Å². The zero-order valence-electron chi connectivity index (χ0n) is 12.8. The Hall–Kier alpha value is -2.16. The summed E-state index contributed by atoms with van der Waals surface area (Å²) in [6.07, 6.45) is 0. The van der Waals surface area contributed by atoms with Crippen LogP contribution < -0.4 is 10.0 Å². The number of sulfonamides is 1. The van der Waals surface area contributed by atoms with Gasteiger partial charge >= 0.3 is 0 Å². The van der Waals surface area contributed by atoms with E-state index in [0.29, 0.717) is 11.3 Å². The second kappa shape index (κ2) is 7.61. The molecule has 0 amide bonds. The summed E-state index contributed by atoms with van der Waals surface area (Å²) in [6.45, 7) is 2.11. The van der Waals surface area contributed by atoms with Gasteiger partial charge in [0.1, 0.15) is 0 Å². The van der Waals surface area contributed by atoms with E-state index in [9.17, 15) is 18.5 Å². The lowest BCUT2D eigenvalue weighted by Crippen LogP contribution is -2.29.